The number of ether oxygens (including phenoxy) is 3. The minimum atomic E-state index is -0.264. The fraction of sp³-hybridized carbons (Fsp3) is 0.300. The van der Waals surface area contributed by atoms with Crippen LogP contribution < -0.4 is 24.4 Å². The van der Waals surface area contributed by atoms with Crippen molar-refractivity contribution in [2.45, 2.75) is 6.92 Å². The van der Waals surface area contributed by atoms with Crippen molar-refractivity contribution >= 4 is 17.5 Å². The molecule has 0 bridgehead atoms. The molecule has 1 N–H and O–H groups in total. The van der Waals surface area contributed by atoms with Gasteiger partial charge in [0.2, 0.25) is 11.8 Å². The van der Waals surface area contributed by atoms with Crippen LogP contribution in [0.25, 0.3) is 0 Å². The third-order valence-electron chi connectivity index (χ3n) is 3.82. The number of methoxy groups -OCH3 is 2. The lowest BCUT2D eigenvalue weighted by Gasteiger charge is -2.21. The summed E-state index contributed by atoms with van der Waals surface area (Å²) in [6, 6.07) is 14.1. The molecular weight excluding hydrogens is 348 g/mol. The lowest BCUT2D eigenvalue weighted by molar-refractivity contribution is -0.123. The summed E-state index contributed by atoms with van der Waals surface area (Å²) in [5.41, 5.74) is 0.632. The van der Waals surface area contributed by atoms with E-state index in [4.69, 9.17) is 14.2 Å². The van der Waals surface area contributed by atoms with E-state index < -0.39 is 0 Å². The molecule has 2 aromatic carbocycles. The van der Waals surface area contributed by atoms with Crippen LogP contribution in [-0.2, 0) is 9.59 Å². The number of nitrogens with one attached hydrogen (secondary N) is 1. The van der Waals surface area contributed by atoms with Gasteiger partial charge in [0.1, 0.15) is 30.4 Å². The summed E-state index contributed by atoms with van der Waals surface area (Å²) in [6.45, 7) is 2.01. The van der Waals surface area contributed by atoms with Crippen LogP contribution in [0.3, 0.4) is 0 Å². The van der Waals surface area contributed by atoms with Gasteiger partial charge in [-0.2, -0.15) is 0 Å². The second kappa shape index (κ2) is 10.1. The first-order valence-electron chi connectivity index (χ1n) is 8.49. The third-order valence-corrected chi connectivity index (χ3v) is 3.82. The number of hydrogen-bond donors (Lipinski definition) is 1. The van der Waals surface area contributed by atoms with Crippen molar-refractivity contribution in [2.24, 2.45) is 0 Å². The maximum atomic E-state index is 12.1. The number of anilines is 1. The molecule has 0 spiro atoms. The van der Waals surface area contributed by atoms with E-state index in [1.54, 1.807) is 62.8 Å². The predicted octanol–water partition coefficient (Wildman–Crippen LogP) is 2.25. The van der Waals surface area contributed by atoms with E-state index in [-0.39, 0.29) is 18.4 Å². The maximum absolute atomic E-state index is 12.1. The van der Waals surface area contributed by atoms with E-state index in [9.17, 15) is 9.59 Å². The second-order valence-electron chi connectivity index (χ2n) is 5.68. The van der Waals surface area contributed by atoms with Crippen molar-refractivity contribution < 1.29 is 23.8 Å². The van der Waals surface area contributed by atoms with Gasteiger partial charge in [0.25, 0.3) is 0 Å². The fourth-order valence-electron chi connectivity index (χ4n) is 2.38. The topological polar surface area (TPSA) is 77.1 Å². The van der Waals surface area contributed by atoms with Crippen molar-refractivity contribution in [2.75, 3.05) is 38.8 Å². The highest BCUT2D eigenvalue weighted by Crippen LogP contribution is 2.19. The fourth-order valence-corrected chi connectivity index (χ4v) is 2.38. The number of amides is 2. The first kappa shape index (κ1) is 20.1. The largest absolute Gasteiger partial charge is 0.497 e. The Labute approximate surface area is 158 Å². The molecule has 0 atom stereocenters. The average molecular weight is 372 g/mol. The first-order chi connectivity index (χ1) is 13.0. The minimum absolute atomic E-state index is 0.0653. The van der Waals surface area contributed by atoms with Crippen LogP contribution in [0.5, 0.6) is 17.2 Å². The van der Waals surface area contributed by atoms with E-state index >= 15 is 0 Å². The van der Waals surface area contributed by atoms with E-state index in [2.05, 4.69) is 5.32 Å². The molecule has 2 aromatic rings. The molecule has 7 nitrogen and oxygen atoms in total. The molecule has 0 saturated heterocycles. The van der Waals surface area contributed by atoms with Gasteiger partial charge in [-0.05, 0) is 48.5 Å². The van der Waals surface area contributed by atoms with Gasteiger partial charge in [0, 0.05) is 12.6 Å². The van der Waals surface area contributed by atoms with Crippen LogP contribution in [-0.4, -0.2) is 45.7 Å². The lowest BCUT2D eigenvalue weighted by Crippen LogP contribution is -2.41. The minimum Gasteiger partial charge on any atom is -0.497 e. The van der Waals surface area contributed by atoms with Gasteiger partial charge in [-0.1, -0.05) is 0 Å². The summed E-state index contributed by atoms with van der Waals surface area (Å²) in [4.78, 5) is 25.4. The molecule has 27 heavy (non-hydrogen) atoms. The smallest absolute Gasteiger partial charge is 0.240 e. The molecule has 0 heterocycles. The van der Waals surface area contributed by atoms with Crippen LogP contribution in [0.4, 0.5) is 5.69 Å². The Balaban J connectivity index is 1.80. The quantitative estimate of drug-likeness (QED) is 0.683. The maximum Gasteiger partial charge on any atom is 0.240 e. The molecular formula is C20H24N2O5. The summed E-state index contributed by atoms with van der Waals surface area (Å²) in [5, 5.41) is 2.75. The van der Waals surface area contributed by atoms with Crippen molar-refractivity contribution in [1.82, 2.24) is 5.32 Å². The van der Waals surface area contributed by atoms with Crippen LogP contribution in [0.1, 0.15) is 6.92 Å². The van der Waals surface area contributed by atoms with Gasteiger partial charge >= 0.3 is 0 Å². The van der Waals surface area contributed by atoms with Crippen LogP contribution >= 0.6 is 0 Å². The van der Waals surface area contributed by atoms with E-state index in [0.717, 1.165) is 5.75 Å². The zero-order valence-electron chi connectivity index (χ0n) is 15.7. The molecule has 0 saturated carbocycles. The molecule has 0 fully saturated rings. The van der Waals surface area contributed by atoms with Gasteiger partial charge in [0.05, 0.1) is 20.8 Å². The zero-order valence-corrected chi connectivity index (χ0v) is 15.7. The standard InChI is InChI=1S/C20H24N2O5/c1-15(23)22(16-4-6-17(25-2)7-5-16)14-20(24)21-12-13-27-19-10-8-18(26-3)9-11-19/h4-11H,12-14H2,1-3H3,(H,21,24). The number of benzene rings is 2. The Morgan fingerprint density at radius 2 is 1.41 bits per heavy atom. The van der Waals surface area contributed by atoms with Crippen LogP contribution in [0.2, 0.25) is 0 Å². The molecule has 2 rings (SSSR count). The number of hydrogen-bond acceptors (Lipinski definition) is 5. The summed E-state index contributed by atoms with van der Waals surface area (Å²) in [5.74, 6) is 1.64. The number of nitrogens with zero attached hydrogens (tertiary/aromatic N) is 1. The molecule has 0 unspecified atom stereocenters. The average Bonchev–Trinajstić information content (AvgIpc) is 2.70. The first-order valence-corrected chi connectivity index (χ1v) is 8.49. The monoisotopic (exact) mass is 372 g/mol. The van der Waals surface area contributed by atoms with Crippen molar-refractivity contribution in [1.29, 1.82) is 0 Å². The second-order valence-corrected chi connectivity index (χ2v) is 5.68. The zero-order chi connectivity index (χ0) is 19.6. The number of rotatable bonds is 9. The van der Waals surface area contributed by atoms with Crippen molar-refractivity contribution in [3.8, 4) is 17.2 Å². The van der Waals surface area contributed by atoms with Crippen molar-refractivity contribution in [3.05, 3.63) is 48.5 Å². The summed E-state index contributed by atoms with van der Waals surface area (Å²) >= 11 is 0. The van der Waals surface area contributed by atoms with Crippen LogP contribution in [0, 0.1) is 0 Å². The molecule has 0 aliphatic rings. The Morgan fingerprint density at radius 3 is 1.93 bits per heavy atom. The number of carbonyl (C=O) groups is 2. The highest BCUT2D eigenvalue weighted by atomic mass is 16.5. The Kier molecular flexibility index (Phi) is 7.49. The molecule has 144 valence electrons. The Bertz CT molecular complexity index is 744. The van der Waals surface area contributed by atoms with Crippen molar-refractivity contribution in [3.63, 3.8) is 0 Å². The number of carbonyl (C=O) groups excluding carboxylic acids is 2. The Morgan fingerprint density at radius 1 is 0.889 bits per heavy atom. The van der Waals surface area contributed by atoms with Gasteiger partial charge in [0.15, 0.2) is 0 Å². The van der Waals surface area contributed by atoms with E-state index in [1.165, 1.54) is 11.8 Å². The predicted molar refractivity (Wildman–Crippen MR) is 103 cm³/mol. The lowest BCUT2D eigenvalue weighted by atomic mass is 10.2. The highest BCUT2D eigenvalue weighted by molar-refractivity contribution is 5.97. The van der Waals surface area contributed by atoms with E-state index in [0.29, 0.717) is 30.3 Å². The summed E-state index contributed by atoms with van der Waals surface area (Å²) in [7, 11) is 3.17. The summed E-state index contributed by atoms with van der Waals surface area (Å²) in [6.07, 6.45) is 0. The molecule has 0 aliphatic carbocycles. The van der Waals surface area contributed by atoms with Crippen LogP contribution in [0.15, 0.2) is 48.5 Å². The molecule has 2 amide bonds. The normalized spacial score (nSPS) is 10.0. The third kappa shape index (κ3) is 6.22. The van der Waals surface area contributed by atoms with Gasteiger partial charge < -0.3 is 24.4 Å². The molecule has 0 aliphatic heterocycles. The Hall–Kier alpha value is -3.22. The summed E-state index contributed by atoms with van der Waals surface area (Å²) < 4.78 is 15.7. The van der Waals surface area contributed by atoms with E-state index in [1.807, 2.05) is 0 Å². The van der Waals surface area contributed by atoms with Gasteiger partial charge in [-0.15, -0.1) is 0 Å². The molecule has 0 aromatic heterocycles. The highest BCUT2D eigenvalue weighted by Gasteiger charge is 2.15. The molecule has 7 heteroatoms. The van der Waals surface area contributed by atoms with Gasteiger partial charge in [-0.3, -0.25) is 9.59 Å². The van der Waals surface area contributed by atoms with Gasteiger partial charge in [-0.25, -0.2) is 0 Å². The molecule has 0 radical (unpaired) electrons. The SMILES string of the molecule is COc1ccc(OCCNC(=O)CN(C(C)=O)c2ccc(OC)cc2)cc1.